The number of carbonyl (C=O) groups excluding carboxylic acids is 4. The molecule has 19 heteroatoms. The summed E-state index contributed by atoms with van der Waals surface area (Å²) >= 11 is 0. The van der Waals surface area contributed by atoms with Crippen LogP contribution < -0.4 is 0 Å². The first kappa shape index (κ1) is 93.0. The van der Waals surface area contributed by atoms with Crippen molar-refractivity contribution in [3.05, 3.63) is 48.6 Å². The second-order valence-corrected chi connectivity index (χ2v) is 29.2. The van der Waals surface area contributed by atoms with Crippen molar-refractivity contribution in [3.63, 3.8) is 0 Å². The van der Waals surface area contributed by atoms with Gasteiger partial charge in [0, 0.05) is 25.7 Å². The summed E-state index contributed by atoms with van der Waals surface area (Å²) in [6, 6.07) is 0. The highest BCUT2D eigenvalue weighted by Crippen LogP contribution is 2.45. The molecule has 3 N–H and O–H groups in total. The smallest absolute Gasteiger partial charge is 0.462 e. The van der Waals surface area contributed by atoms with Gasteiger partial charge in [0.05, 0.1) is 26.4 Å². The number of unbranched alkanes of at least 4 members (excludes halogenated alkanes) is 40. The zero-order valence-corrected chi connectivity index (χ0v) is 63.1. The van der Waals surface area contributed by atoms with Crippen molar-refractivity contribution < 1.29 is 80.2 Å². The number of phosphoric ester groups is 2. The Morgan fingerprint density at radius 1 is 0.292 bits per heavy atom. The molecule has 0 aliphatic carbocycles. The molecule has 5 atom stereocenters. The van der Waals surface area contributed by atoms with E-state index in [0.29, 0.717) is 25.7 Å². The van der Waals surface area contributed by atoms with Gasteiger partial charge in [-0.1, -0.05) is 295 Å². The minimum atomic E-state index is -4.97. The molecule has 0 aliphatic heterocycles. The number of carbonyl (C=O) groups is 4. The van der Waals surface area contributed by atoms with Gasteiger partial charge in [-0.05, 0) is 89.9 Å². The van der Waals surface area contributed by atoms with Crippen molar-refractivity contribution in [3.8, 4) is 0 Å². The molecule has 17 nitrogen and oxygen atoms in total. The number of esters is 4. The van der Waals surface area contributed by atoms with Gasteiger partial charge in [0.2, 0.25) is 0 Å². The van der Waals surface area contributed by atoms with Crippen molar-refractivity contribution in [1.82, 2.24) is 0 Å². The van der Waals surface area contributed by atoms with Crippen LogP contribution in [0, 0.1) is 0 Å². The maximum atomic E-state index is 13.1. The van der Waals surface area contributed by atoms with E-state index in [2.05, 4.69) is 76.3 Å². The standard InChI is InChI=1S/C77H142O17P2/c1-5-9-13-17-21-25-29-33-35-39-42-46-50-54-58-62-75(80)88-68-73(94-77(82)64-60-56-52-48-44-40-36-34-30-26-22-18-14-10-6-2)70-92-96(85,86)90-66-71(78)65-89-95(83,84)91-69-72(93-76(81)63-59-55-51-47-43-38-32-28-24-20-16-12-8-4)67-87-74(79)61-57-53-49-45-41-37-31-27-23-19-15-11-7-3/h21-22,25-26,33-36,71-73,78H,5-20,23-24,27-32,37-70H2,1-4H3,(H,83,84)(H,85,86)/b25-21-,26-22-,35-33-,36-34-. The normalized spacial score (nSPS) is 14.2. The Balaban J connectivity index is 5.33. The molecule has 0 radical (unpaired) electrons. The van der Waals surface area contributed by atoms with Gasteiger partial charge in [-0.25, -0.2) is 9.13 Å². The van der Waals surface area contributed by atoms with Crippen LogP contribution in [0.5, 0.6) is 0 Å². The molecule has 0 saturated heterocycles. The average molecular weight is 1400 g/mol. The number of hydrogen-bond donors (Lipinski definition) is 3. The van der Waals surface area contributed by atoms with Gasteiger partial charge >= 0.3 is 39.5 Å². The number of rotatable bonds is 74. The first-order chi connectivity index (χ1) is 46.7. The summed E-state index contributed by atoms with van der Waals surface area (Å²) in [4.78, 5) is 72.8. The van der Waals surface area contributed by atoms with E-state index >= 15 is 0 Å². The molecular weight excluding hydrogens is 1260 g/mol. The maximum Gasteiger partial charge on any atom is 0.472 e. The maximum absolute atomic E-state index is 13.1. The predicted molar refractivity (Wildman–Crippen MR) is 390 cm³/mol. The largest absolute Gasteiger partial charge is 0.472 e. The second kappa shape index (κ2) is 70.5. The van der Waals surface area contributed by atoms with Gasteiger partial charge in [0.1, 0.15) is 19.3 Å². The summed E-state index contributed by atoms with van der Waals surface area (Å²) in [6.07, 6.45) is 66.6. The van der Waals surface area contributed by atoms with Gasteiger partial charge in [-0.3, -0.25) is 37.3 Å². The molecule has 0 heterocycles. The summed E-state index contributed by atoms with van der Waals surface area (Å²) in [6.45, 7) is 4.86. The van der Waals surface area contributed by atoms with Gasteiger partial charge in [0.15, 0.2) is 12.2 Å². The summed E-state index contributed by atoms with van der Waals surface area (Å²) in [5.41, 5.74) is 0. The topological polar surface area (TPSA) is 237 Å². The highest BCUT2D eigenvalue weighted by molar-refractivity contribution is 7.47. The van der Waals surface area contributed by atoms with Crippen LogP contribution in [0.4, 0.5) is 0 Å². The van der Waals surface area contributed by atoms with Crippen LogP contribution in [0.3, 0.4) is 0 Å². The SMILES string of the molecule is CCCCC/C=C\C/C=C\CCCCCCCC(=O)OCC(COP(=O)(O)OCC(O)COP(=O)(O)OCC(COC(=O)CCCCCCCCCCCCCCC)OC(=O)CCCCCCCCCCCCCCC)OC(=O)CCCCCCC/C=C\C/C=C\CCCCC. The number of aliphatic hydroxyl groups excluding tert-OH is 1. The Kier molecular flexibility index (Phi) is 68.3. The van der Waals surface area contributed by atoms with Crippen molar-refractivity contribution in [1.29, 1.82) is 0 Å². The first-order valence-corrected chi connectivity index (χ1v) is 41.9. The van der Waals surface area contributed by atoms with Crippen LogP contribution in [-0.4, -0.2) is 96.7 Å². The Hall–Kier alpha value is -2.98. The molecule has 0 aliphatic rings. The highest BCUT2D eigenvalue weighted by Gasteiger charge is 2.30. The van der Waals surface area contributed by atoms with Gasteiger partial charge in [-0.2, -0.15) is 0 Å². The number of hydrogen-bond acceptors (Lipinski definition) is 15. The quantitative estimate of drug-likeness (QED) is 0.0169. The zero-order valence-electron chi connectivity index (χ0n) is 61.3. The molecule has 5 unspecified atom stereocenters. The predicted octanol–water partition coefficient (Wildman–Crippen LogP) is 22.1. The molecule has 0 bridgehead atoms. The molecule has 0 fully saturated rings. The monoisotopic (exact) mass is 1400 g/mol. The van der Waals surface area contributed by atoms with E-state index in [4.69, 9.17) is 37.0 Å². The number of phosphoric acid groups is 2. The second-order valence-electron chi connectivity index (χ2n) is 26.3. The van der Waals surface area contributed by atoms with Crippen molar-refractivity contribution in [2.45, 2.75) is 380 Å². The van der Waals surface area contributed by atoms with Crippen LogP contribution >= 0.6 is 15.6 Å². The van der Waals surface area contributed by atoms with Crippen LogP contribution in [0.2, 0.25) is 0 Å². The fraction of sp³-hybridized carbons (Fsp3) is 0.844. The van der Waals surface area contributed by atoms with Gasteiger partial charge in [-0.15, -0.1) is 0 Å². The van der Waals surface area contributed by atoms with Gasteiger partial charge in [0.25, 0.3) is 0 Å². The van der Waals surface area contributed by atoms with E-state index < -0.39 is 97.5 Å². The number of ether oxygens (including phenoxy) is 4. The van der Waals surface area contributed by atoms with Gasteiger partial charge < -0.3 is 33.8 Å². The Morgan fingerprint density at radius 3 is 0.792 bits per heavy atom. The minimum Gasteiger partial charge on any atom is -0.462 e. The molecular formula is C77H142O17P2. The van der Waals surface area contributed by atoms with Crippen molar-refractivity contribution in [2.75, 3.05) is 39.6 Å². The molecule has 0 aromatic heterocycles. The lowest BCUT2D eigenvalue weighted by Gasteiger charge is -2.21. The third-order valence-electron chi connectivity index (χ3n) is 16.8. The Labute approximate surface area is 585 Å². The lowest BCUT2D eigenvalue weighted by molar-refractivity contribution is -0.161. The van der Waals surface area contributed by atoms with Crippen LogP contribution in [0.25, 0.3) is 0 Å². The third kappa shape index (κ3) is 69.5. The van der Waals surface area contributed by atoms with E-state index in [-0.39, 0.29) is 25.7 Å². The van der Waals surface area contributed by atoms with Crippen LogP contribution in [0.1, 0.15) is 362 Å². The summed E-state index contributed by atoms with van der Waals surface area (Å²) in [5.74, 6) is -2.17. The Bertz CT molecular complexity index is 2010. The highest BCUT2D eigenvalue weighted by atomic mass is 31.2. The molecule has 0 amide bonds. The Morgan fingerprint density at radius 2 is 0.510 bits per heavy atom. The van der Waals surface area contributed by atoms with E-state index in [1.165, 1.54) is 148 Å². The minimum absolute atomic E-state index is 0.0805. The molecule has 562 valence electrons. The van der Waals surface area contributed by atoms with Crippen molar-refractivity contribution >= 4 is 39.5 Å². The first-order valence-electron chi connectivity index (χ1n) is 38.9. The molecule has 96 heavy (non-hydrogen) atoms. The molecule has 0 saturated carbocycles. The van der Waals surface area contributed by atoms with E-state index in [1.807, 2.05) is 0 Å². The van der Waals surface area contributed by atoms with E-state index in [0.717, 1.165) is 135 Å². The van der Waals surface area contributed by atoms with Crippen LogP contribution in [0.15, 0.2) is 48.6 Å². The molecule has 0 aromatic rings. The fourth-order valence-corrected chi connectivity index (χ4v) is 12.4. The van der Waals surface area contributed by atoms with E-state index in [1.54, 1.807) is 0 Å². The fourth-order valence-electron chi connectivity index (χ4n) is 10.8. The molecule has 0 aromatic carbocycles. The summed E-state index contributed by atoms with van der Waals surface area (Å²) in [5, 5.41) is 10.6. The molecule has 0 rings (SSSR count). The summed E-state index contributed by atoms with van der Waals surface area (Å²) < 4.78 is 68.5. The van der Waals surface area contributed by atoms with Crippen molar-refractivity contribution in [2.24, 2.45) is 0 Å². The van der Waals surface area contributed by atoms with Crippen LogP contribution in [-0.2, 0) is 65.4 Å². The lowest BCUT2D eigenvalue weighted by atomic mass is 10.0. The number of aliphatic hydroxyl groups is 1. The lowest BCUT2D eigenvalue weighted by Crippen LogP contribution is -2.30. The van der Waals surface area contributed by atoms with E-state index in [9.17, 15) is 43.2 Å². The summed E-state index contributed by atoms with van der Waals surface area (Å²) in [7, 11) is -9.93. The average Bonchev–Trinajstić information content (AvgIpc) is 1.36. The molecule has 0 spiro atoms. The number of allylic oxidation sites excluding steroid dienone is 8. The third-order valence-corrected chi connectivity index (χ3v) is 18.7. The zero-order chi connectivity index (χ0) is 70.4.